The second kappa shape index (κ2) is 10.1. The summed E-state index contributed by atoms with van der Waals surface area (Å²) in [7, 11) is 2.05. The van der Waals surface area contributed by atoms with Crippen LogP contribution in [0.5, 0.6) is 0 Å². The van der Waals surface area contributed by atoms with Crippen LogP contribution in [0.25, 0.3) is 0 Å². The molecule has 2 heteroatoms. The minimum atomic E-state index is 0.626. The molecule has 16 heavy (non-hydrogen) atoms. The molecule has 0 rings (SSSR count). The highest BCUT2D eigenvalue weighted by molar-refractivity contribution is 4.65. The van der Waals surface area contributed by atoms with Gasteiger partial charge in [0.05, 0.1) is 0 Å². The SMILES string of the molecule is CNC(CCOCCC(C)C)CCC(C)C. The summed E-state index contributed by atoms with van der Waals surface area (Å²) in [5.74, 6) is 1.55. The maximum absolute atomic E-state index is 5.64. The molecule has 0 saturated heterocycles. The van der Waals surface area contributed by atoms with E-state index in [1.807, 2.05) is 0 Å². The predicted molar refractivity (Wildman–Crippen MR) is 71.8 cm³/mol. The van der Waals surface area contributed by atoms with E-state index in [2.05, 4.69) is 40.1 Å². The van der Waals surface area contributed by atoms with Crippen molar-refractivity contribution in [2.24, 2.45) is 11.8 Å². The van der Waals surface area contributed by atoms with Crippen LogP contribution >= 0.6 is 0 Å². The summed E-state index contributed by atoms with van der Waals surface area (Å²) in [5.41, 5.74) is 0. The Morgan fingerprint density at radius 1 is 0.812 bits per heavy atom. The molecular weight excluding hydrogens is 198 g/mol. The average Bonchev–Trinajstić information content (AvgIpc) is 2.21. The zero-order chi connectivity index (χ0) is 12.4. The Morgan fingerprint density at radius 3 is 1.88 bits per heavy atom. The molecular formula is C14H31NO. The molecule has 0 aliphatic rings. The van der Waals surface area contributed by atoms with Crippen LogP contribution in [0.4, 0.5) is 0 Å². The third kappa shape index (κ3) is 10.4. The molecule has 0 aliphatic heterocycles. The molecule has 0 aromatic rings. The van der Waals surface area contributed by atoms with Crippen LogP contribution in [0.2, 0.25) is 0 Å². The molecule has 0 radical (unpaired) electrons. The first-order chi connectivity index (χ1) is 7.56. The quantitative estimate of drug-likeness (QED) is 0.579. The van der Waals surface area contributed by atoms with Gasteiger partial charge in [-0.2, -0.15) is 0 Å². The molecule has 0 fully saturated rings. The van der Waals surface area contributed by atoms with Crippen LogP contribution in [-0.2, 0) is 4.74 Å². The molecule has 2 nitrogen and oxygen atoms in total. The molecule has 0 aliphatic carbocycles. The zero-order valence-corrected chi connectivity index (χ0v) is 11.9. The fourth-order valence-electron chi connectivity index (χ4n) is 1.61. The molecule has 98 valence electrons. The van der Waals surface area contributed by atoms with Gasteiger partial charge in [-0.25, -0.2) is 0 Å². The monoisotopic (exact) mass is 229 g/mol. The van der Waals surface area contributed by atoms with E-state index in [0.29, 0.717) is 6.04 Å². The Morgan fingerprint density at radius 2 is 1.38 bits per heavy atom. The molecule has 1 N–H and O–H groups in total. The van der Waals surface area contributed by atoms with Gasteiger partial charge in [0.1, 0.15) is 0 Å². The second-order valence-corrected chi connectivity index (χ2v) is 5.54. The highest BCUT2D eigenvalue weighted by Crippen LogP contribution is 2.09. The summed E-state index contributed by atoms with van der Waals surface area (Å²) in [4.78, 5) is 0. The van der Waals surface area contributed by atoms with Crippen molar-refractivity contribution < 1.29 is 4.74 Å². The summed E-state index contributed by atoms with van der Waals surface area (Å²) in [6.07, 6.45) is 4.89. The molecule has 0 aromatic heterocycles. The van der Waals surface area contributed by atoms with Crippen LogP contribution in [0, 0.1) is 11.8 Å². The minimum absolute atomic E-state index is 0.626. The standard InChI is InChI=1S/C14H31NO/c1-12(2)6-7-14(15-5)9-11-16-10-8-13(3)4/h12-15H,6-11H2,1-5H3. The van der Waals surface area contributed by atoms with Crippen molar-refractivity contribution >= 4 is 0 Å². The molecule has 0 spiro atoms. The van der Waals surface area contributed by atoms with Crippen LogP contribution in [0.15, 0.2) is 0 Å². The van der Waals surface area contributed by atoms with Crippen LogP contribution < -0.4 is 5.32 Å². The minimum Gasteiger partial charge on any atom is -0.381 e. The van der Waals surface area contributed by atoms with Crippen molar-refractivity contribution in [3.8, 4) is 0 Å². The zero-order valence-electron chi connectivity index (χ0n) is 11.9. The first-order valence-corrected chi connectivity index (χ1v) is 6.81. The molecule has 0 saturated carbocycles. The first-order valence-electron chi connectivity index (χ1n) is 6.81. The smallest absolute Gasteiger partial charge is 0.0480 e. The summed E-state index contributed by atoms with van der Waals surface area (Å²) in [6, 6.07) is 0.626. The highest BCUT2D eigenvalue weighted by atomic mass is 16.5. The molecule has 0 heterocycles. The van der Waals surface area contributed by atoms with E-state index in [9.17, 15) is 0 Å². The first kappa shape index (κ1) is 15.9. The Hall–Kier alpha value is -0.0800. The maximum atomic E-state index is 5.64. The van der Waals surface area contributed by atoms with E-state index in [-0.39, 0.29) is 0 Å². The maximum Gasteiger partial charge on any atom is 0.0480 e. The second-order valence-electron chi connectivity index (χ2n) is 5.54. The largest absolute Gasteiger partial charge is 0.381 e. The number of hydrogen-bond donors (Lipinski definition) is 1. The van der Waals surface area contributed by atoms with E-state index in [4.69, 9.17) is 4.74 Å². The van der Waals surface area contributed by atoms with Crippen LogP contribution in [-0.4, -0.2) is 26.3 Å². The Labute approximate surface area is 102 Å². The van der Waals surface area contributed by atoms with Crippen molar-refractivity contribution in [3.05, 3.63) is 0 Å². The van der Waals surface area contributed by atoms with Gasteiger partial charge < -0.3 is 10.1 Å². The molecule has 0 amide bonds. The van der Waals surface area contributed by atoms with Crippen LogP contribution in [0.3, 0.4) is 0 Å². The van der Waals surface area contributed by atoms with Gasteiger partial charge in [0.2, 0.25) is 0 Å². The molecule has 1 unspecified atom stereocenters. The van der Waals surface area contributed by atoms with Crippen molar-refractivity contribution in [3.63, 3.8) is 0 Å². The number of hydrogen-bond acceptors (Lipinski definition) is 2. The van der Waals surface area contributed by atoms with Crippen molar-refractivity contribution in [1.82, 2.24) is 5.32 Å². The van der Waals surface area contributed by atoms with E-state index in [1.54, 1.807) is 0 Å². The van der Waals surface area contributed by atoms with E-state index >= 15 is 0 Å². The summed E-state index contributed by atoms with van der Waals surface area (Å²) >= 11 is 0. The Kier molecular flexibility index (Phi) is 10.0. The lowest BCUT2D eigenvalue weighted by Crippen LogP contribution is -2.27. The highest BCUT2D eigenvalue weighted by Gasteiger charge is 2.06. The van der Waals surface area contributed by atoms with E-state index in [1.165, 1.54) is 19.3 Å². The fourth-order valence-corrected chi connectivity index (χ4v) is 1.61. The summed E-state index contributed by atoms with van der Waals surface area (Å²) in [6.45, 7) is 10.9. The average molecular weight is 229 g/mol. The van der Waals surface area contributed by atoms with Gasteiger partial charge in [0.25, 0.3) is 0 Å². The van der Waals surface area contributed by atoms with E-state index < -0.39 is 0 Å². The normalized spacial score (nSPS) is 13.7. The fraction of sp³-hybridized carbons (Fsp3) is 1.00. The molecule has 0 aromatic carbocycles. The van der Waals surface area contributed by atoms with Crippen LogP contribution in [0.1, 0.15) is 53.4 Å². The third-order valence-electron chi connectivity index (χ3n) is 2.95. The summed E-state index contributed by atoms with van der Waals surface area (Å²) < 4.78 is 5.64. The lowest BCUT2D eigenvalue weighted by Gasteiger charge is -2.17. The van der Waals surface area contributed by atoms with Crippen molar-refractivity contribution in [2.75, 3.05) is 20.3 Å². The summed E-state index contributed by atoms with van der Waals surface area (Å²) in [5, 5.41) is 3.38. The third-order valence-corrected chi connectivity index (χ3v) is 2.95. The van der Waals surface area contributed by atoms with E-state index in [0.717, 1.165) is 31.5 Å². The number of ether oxygens (including phenoxy) is 1. The van der Waals surface area contributed by atoms with Gasteiger partial charge in [0.15, 0.2) is 0 Å². The Balaban J connectivity index is 3.40. The number of rotatable bonds is 10. The van der Waals surface area contributed by atoms with Crippen molar-refractivity contribution in [1.29, 1.82) is 0 Å². The molecule has 0 bridgehead atoms. The van der Waals surface area contributed by atoms with Gasteiger partial charge in [-0.15, -0.1) is 0 Å². The van der Waals surface area contributed by atoms with Gasteiger partial charge >= 0.3 is 0 Å². The van der Waals surface area contributed by atoms with Gasteiger partial charge in [-0.3, -0.25) is 0 Å². The topological polar surface area (TPSA) is 21.3 Å². The van der Waals surface area contributed by atoms with Gasteiger partial charge in [0, 0.05) is 19.3 Å². The lowest BCUT2D eigenvalue weighted by molar-refractivity contribution is 0.113. The Bertz CT molecular complexity index is 146. The van der Waals surface area contributed by atoms with Gasteiger partial charge in [-0.05, 0) is 44.6 Å². The van der Waals surface area contributed by atoms with Crippen molar-refractivity contribution in [2.45, 2.75) is 59.4 Å². The molecule has 1 atom stereocenters. The van der Waals surface area contributed by atoms with Gasteiger partial charge in [-0.1, -0.05) is 27.7 Å². The number of nitrogens with one attached hydrogen (secondary N) is 1. The predicted octanol–water partition coefficient (Wildman–Crippen LogP) is 3.46. The lowest BCUT2D eigenvalue weighted by atomic mass is 10.0.